The molecule has 1 heterocycles. The second kappa shape index (κ2) is 17.8. The van der Waals surface area contributed by atoms with Gasteiger partial charge in [0, 0.05) is 48.8 Å². The van der Waals surface area contributed by atoms with Crippen LogP contribution in [0.25, 0.3) is 22.5 Å². The molecular weight excluding hydrogens is 672 g/mol. The van der Waals surface area contributed by atoms with Crippen LogP contribution in [0.1, 0.15) is 76.2 Å². The van der Waals surface area contributed by atoms with Gasteiger partial charge in [-0.15, -0.1) is 10.2 Å². The molecule has 4 aromatic rings. The number of hydrogen-bond donors (Lipinski definition) is 4. The minimum atomic E-state index is -0.853. The van der Waals surface area contributed by atoms with E-state index < -0.39 is 17.7 Å². The van der Waals surface area contributed by atoms with Gasteiger partial charge >= 0.3 is 6.09 Å². The first-order valence-corrected chi connectivity index (χ1v) is 18.3. The molecule has 1 atom stereocenters. The number of tetrazole rings is 1. The lowest BCUT2D eigenvalue weighted by atomic mass is 9.81. The van der Waals surface area contributed by atoms with Gasteiger partial charge in [0.05, 0.1) is 0 Å². The summed E-state index contributed by atoms with van der Waals surface area (Å²) in [4.78, 5) is 54.7. The molecule has 4 amide bonds. The maximum absolute atomic E-state index is 13.8. The van der Waals surface area contributed by atoms with E-state index in [1.165, 1.54) is 0 Å². The average Bonchev–Trinajstić information content (AvgIpc) is 3.70. The van der Waals surface area contributed by atoms with Crippen molar-refractivity contribution < 1.29 is 23.9 Å². The van der Waals surface area contributed by atoms with E-state index in [1.54, 1.807) is 29.2 Å². The highest BCUT2D eigenvalue weighted by molar-refractivity contribution is 6.01. The van der Waals surface area contributed by atoms with Gasteiger partial charge in [-0.25, -0.2) is 4.79 Å². The third-order valence-electron chi connectivity index (χ3n) is 9.45. The molecule has 13 nitrogen and oxygen atoms in total. The molecule has 1 aliphatic carbocycles. The number of amides is 4. The largest absolute Gasteiger partial charge is 0.444 e. The smallest absolute Gasteiger partial charge is 0.407 e. The summed E-state index contributed by atoms with van der Waals surface area (Å²) in [6.07, 6.45) is 2.67. The Morgan fingerprint density at radius 2 is 1.55 bits per heavy atom. The van der Waals surface area contributed by atoms with Gasteiger partial charge in [-0.05, 0) is 118 Å². The molecule has 0 radical (unpaired) electrons. The van der Waals surface area contributed by atoms with Gasteiger partial charge in [0.1, 0.15) is 11.6 Å². The molecule has 0 aliphatic heterocycles. The van der Waals surface area contributed by atoms with Crippen molar-refractivity contribution >= 4 is 29.5 Å². The van der Waals surface area contributed by atoms with E-state index in [0.29, 0.717) is 49.6 Å². The second-order valence-electron chi connectivity index (χ2n) is 14.4. The first-order chi connectivity index (χ1) is 25.4. The van der Waals surface area contributed by atoms with Crippen LogP contribution in [0, 0.1) is 11.8 Å². The van der Waals surface area contributed by atoms with Crippen LogP contribution in [-0.4, -0.2) is 80.6 Å². The summed E-state index contributed by atoms with van der Waals surface area (Å²) in [5.74, 6) is -0.108. The number of carbonyl (C=O) groups excluding carboxylic acids is 4. The number of nitrogens with zero attached hydrogens (tertiary/aromatic N) is 4. The number of anilines is 1. The number of hydrogen-bond acceptors (Lipinski definition) is 8. The topological polar surface area (TPSA) is 171 Å². The van der Waals surface area contributed by atoms with Crippen molar-refractivity contribution in [3.63, 3.8) is 0 Å². The van der Waals surface area contributed by atoms with Gasteiger partial charge in [-0.3, -0.25) is 14.4 Å². The predicted octanol–water partition coefficient (Wildman–Crippen LogP) is 6.01. The van der Waals surface area contributed by atoms with Crippen molar-refractivity contribution in [1.29, 1.82) is 0 Å². The minimum Gasteiger partial charge on any atom is -0.444 e. The van der Waals surface area contributed by atoms with Crippen LogP contribution >= 0.6 is 0 Å². The number of benzene rings is 3. The molecule has 1 fully saturated rings. The molecule has 280 valence electrons. The first kappa shape index (κ1) is 38.6. The molecule has 1 aromatic heterocycles. The number of carbonyl (C=O) groups is 4. The molecule has 13 heteroatoms. The lowest BCUT2D eigenvalue weighted by Crippen LogP contribution is -2.48. The third kappa shape index (κ3) is 10.7. The number of aromatic nitrogens is 4. The number of rotatable bonds is 13. The zero-order valence-electron chi connectivity index (χ0n) is 31.1. The molecule has 0 bridgehead atoms. The van der Waals surface area contributed by atoms with E-state index in [4.69, 9.17) is 4.74 Å². The van der Waals surface area contributed by atoms with E-state index in [9.17, 15) is 19.2 Å². The summed E-state index contributed by atoms with van der Waals surface area (Å²) in [6, 6.07) is 21.5. The van der Waals surface area contributed by atoms with Crippen LogP contribution in [0.5, 0.6) is 0 Å². The summed E-state index contributed by atoms with van der Waals surface area (Å²) in [7, 11) is 0. The van der Waals surface area contributed by atoms with Gasteiger partial charge in [-0.2, -0.15) is 5.21 Å². The summed E-state index contributed by atoms with van der Waals surface area (Å²) < 4.78 is 5.35. The molecule has 3 aromatic carbocycles. The van der Waals surface area contributed by atoms with Crippen molar-refractivity contribution in [1.82, 2.24) is 36.2 Å². The molecule has 1 aliphatic rings. The Labute approximate surface area is 310 Å². The average molecular weight is 723 g/mol. The Morgan fingerprint density at radius 3 is 2.17 bits per heavy atom. The van der Waals surface area contributed by atoms with Crippen molar-refractivity contribution in [2.45, 2.75) is 78.4 Å². The molecule has 0 saturated heterocycles. The fourth-order valence-electron chi connectivity index (χ4n) is 6.54. The van der Waals surface area contributed by atoms with E-state index in [1.807, 2.05) is 83.1 Å². The summed E-state index contributed by atoms with van der Waals surface area (Å²) in [5, 5.41) is 22.9. The first-order valence-electron chi connectivity index (χ1n) is 18.3. The standard InChI is InChI=1S/C40H50N8O5/c1-6-48(7-2)38(51)33-11-9-8-10-32(33)28-16-12-26(13-17-28)24-34(37(50)42-31-22-20-29(21-23-31)35-44-46-47-45-35)43-36(49)30-18-14-27(15-19-30)25-41-39(52)53-40(3,4)5/h8-13,16-17,20-23,27,30,34H,6-7,14-15,18-19,24-25H2,1-5H3,(H,41,52)(H,42,50)(H,43,49)(H,44,45,46,47). The van der Waals surface area contributed by atoms with Crippen LogP contribution in [-0.2, 0) is 20.7 Å². The van der Waals surface area contributed by atoms with Crippen LogP contribution in [0.4, 0.5) is 10.5 Å². The number of alkyl carbamates (subject to hydrolysis) is 1. The van der Waals surface area contributed by atoms with Crippen molar-refractivity contribution in [3.05, 3.63) is 83.9 Å². The monoisotopic (exact) mass is 722 g/mol. The highest BCUT2D eigenvalue weighted by Crippen LogP contribution is 2.30. The van der Waals surface area contributed by atoms with E-state index in [-0.39, 0.29) is 36.0 Å². The van der Waals surface area contributed by atoms with Crippen LogP contribution in [0.15, 0.2) is 72.8 Å². The molecular formula is C40H50N8O5. The highest BCUT2D eigenvalue weighted by Gasteiger charge is 2.30. The van der Waals surface area contributed by atoms with Crippen LogP contribution in [0.2, 0.25) is 0 Å². The maximum atomic E-state index is 13.8. The van der Waals surface area contributed by atoms with Gasteiger partial charge < -0.3 is 25.6 Å². The lowest BCUT2D eigenvalue weighted by molar-refractivity contribution is -0.130. The lowest BCUT2D eigenvalue weighted by Gasteiger charge is -2.29. The van der Waals surface area contributed by atoms with Crippen LogP contribution < -0.4 is 16.0 Å². The predicted molar refractivity (Wildman–Crippen MR) is 203 cm³/mol. The van der Waals surface area contributed by atoms with E-state index in [0.717, 1.165) is 35.1 Å². The maximum Gasteiger partial charge on any atom is 0.407 e. The highest BCUT2D eigenvalue weighted by atomic mass is 16.6. The number of aromatic amines is 1. The molecule has 1 unspecified atom stereocenters. The molecule has 5 rings (SSSR count). The number of H-pyrrole nitrogens is 1. The Morgan fingerprint density at radius 1 is 0.887 bits per heavy atom. The third-order valence-corrected chi connectivity index (χ3v) is 9.45. The van der Waals surface area contributed by atoms with Crippen LogP contribution in [0.3, 0.4) is 0 Å². The Balaban J connectivity index is 1.27. The van der Waals surface area contributed by atoms with E-state index in [2.05, 4.69) is 36.6 Å². The van der Waals surface area contributed by atoms with Crippen molar-refractivity contribution in [3.8, 4) is 22.5 Å². The fourth-order valence-corrected chi connectivity index (χ4v) is 6.54. The minimum absolute atomic E-state index is 0.0206. The van der Waals surface area contributed by atoms with Gasteiger partial charge in [-0.1, -0.05) is 42.5 Å². The van der Waals surface area contributed by atoms with E-state index >= 15 is 0 Å². The quantitative estimate of drug-likeness (QED) is 0.130. The normalized spacial score (nSPS) is 16.2. The zero-order valence-corrected chi connectivity index (χ0v) is 31.1. The van der Waals surface area contributed by atoms with Gasteiger partial charge in [0.2, 0.25) is 17.6 Å². The number of ether oxygens (including phenoxy) is 1. The van der Waals surface area contributed by atoms with Gasteiger partial charge in [0.25, 0.3) is 5.91 Å². The second-order valence-corrected chi connectivity index (χ2v) is 14.4. The number of nitrogens with one attached hydrogen (secondary N) is 4. The zero-order chi connectivity index (χ0) is 38.0. The summed E-state index contributed by atoms with van der Waals surface area (Å²) in [6.45, 7) is 11.1. The molecule has 4 N–H and O–H groups in total. The summed E-state index contributed by atoms with van der Waals surface area (Å²) in [5.41, 5.74) is 3.93. The van der Waals surface area contributed by atoms with Crippen molar-refractivity contribution in [2.24, 2.45) is 11.8 Å². The fraction of sp³-hybridized carbons (Fsp3) is 0.425. The van der Waals surface area contributed by atoms with Crippen molar-refractivity contribution in [2.75, 3.05) is 25.0 Å². The Kier molecular flexibility index (Phi) is 12.9. The molecule has 53 heavy (non-hydrogen) atoms. The Hall–Kier alpha value is -5.59. The SMILES string of the molecule is CCN(CC)C(=O)c1ccccc1-c1ccc(CC(NC(=O)C2CCC(CNC(=O)OC(C)(C)C)CC2)C(=O)Nc2ccc(-c3nn[nH]n3)cc2)cc1. The Bertz CT molecular complexity index is 1830. The molecule has 1 saturated carbocycles. The van der Waals surface area contributed by atoms with Gasteiger partial charge in [0.15, 0.2) is 0 Å². The molecule has 0 spiro atoms. The summed E-state index contributed by atoms with van der Waals surface area (Å²) >= 11 is 0.